The van der Waals surface area contributed by atoms with Crippen molar-refractivity contribution in [3.63, 3.8) is 0 Å². The third-order valence-electron chi connectivity index (χ3n) is 5.60. The highest BCUT2D eigenvalue weighted by atomic mass is 16.1. The first-order valence-corrected chi connectivity index (χ1v) is 8.33. The molecule has 114 valence electrons. The summed E-state index contributed by atoms with van der Waals surface area (Å²) in [5, 5.41) is 1.06. The van der Waals surface area contributed by atoms with Gasteiger partial charge in [-0.25, -0.2) is 0 Å². The Hall–Kier alpha value is -1.74. The van der Waals surface area contributed by atoms with E-state index >= 15 is 0 Å². The van der Waals surface area contributed by atoms with E-state index in [1.54, 1.807) is 6.20 Å². The van der Waals surface area contributed by atoms with E-state index in [-0.39, 0.29) is 5.92 Å². The highest BCUT2D eigenvalue weighted by Crippen LogP contribution is 2.37. The van der Waals surface area contributed by atoms with E-state index in [1.807, 2.05) is 30.3 Å². The van der Waals surface area contributed by atoms with Crippen molar-refractivity contribution in [1.82, 2.24) is 9.88 Å². The molecule has 2 aromatic rings. The standard InChI is InChI=1S/C19H22N2O/c1-21-16-5-2-6-17(21)12-15(11-16)19(22)14-7-8-18-13(10-14)4-3-9-20-18/h3-4,7-10,15-17H,2,5-6,11-12H2,1H3. The number of benzene rings is 1. The molecule has 0 radical (unpaired) electrons. The lowest BCUT2D eigenvalue weighted by Gasteiger charge is -2.46. The summed E-state index contributed by atoms with van der Waals surface area (Å²) < 4.78 is 0. The van der Waals surface area contributed by atoms with E-state index in [2.05, 4.69) is 16.9 Å². The van der Waals surface area contributed by atoms with Crippen LogP contribution in [0.25, 0.3) is 10.9 Å². The summed E-state index contributed by atoms with van der Waals surface area (Å²) in [6.07, 6.45) is 7.66. The Morgan fingerprint density at radius 2 is 1.95 bits per heavy atom. The topological polar surface area (TPSA) is 33.2 Å². The molecule has 1 aromatic carbocycles. The zero-order valence-corrected chi connectivity index (χ0v) is 13.0. The summed E-state index contributed by atoms with van der Waals surface area (Å²) in [5.74, 6) is 0.524. The molecule has 2 saturated heterocycles. The molecule has 0 saturated carbocycles. The lowest BCUT2D eigenvalue weighted by Crippen LogP contribution is -2.51. The van der Waals surface area contributed by atoms with Crippen molar-refractivity contribution in [2.24, 2.45) is 5.92 Å². The molecule has 22 heavy (non-hydrogen) atoms. The minimum absolute atomic E-state index is 0.195. The van der Waals surface area contributed by atoms with Crippen LogP contribution in [0.15, 0.2) is 36.5 Å². The van der Waals surface area contributed by atoms with Gasteiger partial charge in [0, 0.05) is 35.1 Å². The van der Waals surface area contributed by atoms with Crippen LogP contribution in [0.2, 0.25) is 0 Å². The van der Waals surface area contributed by atoms with E-state index in [0.717, 1.165) is 29.3 Å². The molecule has 3 heteroatoms. The number of hydrogen-bond acceptors (Lipinski definition) is 3. The molecule has 2 atom stereocenters. The van der Waals surface area contributed by atoms with Crippen molar-refractivity contribution in [2.45, 2.75) is 44.2 Å². The van der Waals surface area contributed by atoms with E-state index < -0.39 is 0 Å². The number of ketones is 1. The first kappa shape index (κ1) is 13.9. The average Bonchev–Trinajstić information content (AvgIpc) is 2.53. The van der Waals surface area contributed by atoms with Gasteiger partial charge in [-0.1, -0.05) is 12.5 Å². The van der Waals surface area contributed by atoms with Crippen LogP contribution < -0.4 is 0 Å². The maximum Gasteiger partial charge on any atom is 0.166 e. The number of fused-ring (bicyclic) bond motifs is 3. The zero-order valence-electron chi connectivity index (χ0n) is 13.0. The minimum atomic E-state index is 0.195. The molecule has 2 bridgehead atoms. The fraction of sp³-hybridized carbons (Fsp3) is 0.474. The van der Waals surface area contributed by atoms with Crippen molar-refractivity contribution in [1.29, 1.82) is 0 Å². The summed E-state index contributed by atoms with van der Waals surface area (Å²) in [7, 11) is 2.23. The molecule has 3 nitrogen and oxygen atoms in total. The number of carbonyl (C=O) groups excluding carboxylic acids is 1. The van der Waals surface area contributed by atoms with Gasteiger partial charge in [-0.2, -0.15) is 0 Å². The predicted molar refractivity (Wildman–Crippen MR) is 88.0 cm³/mol. The lowest BCUT2D eigenvalue weighted by atomic mass is 9.76. The van der Waals surface area contributed by atoms with Gasteiger partial charge in [-0.15, -0.1) is 0 Å². The van der Waals surface area contributed by atoms with Gasteiger partial charge in [0.2, 0.25) is 0 Å². The third kappa shape index (κ3) is 2.34. The van der Waals surface area contributed by atoms with Crippen molar-refractivity contribution < 1.29 is 4.79 Å². The molecule has 0 amide bonds. The largest absolute Gasteiger partial charge is 0.300 e. The van der Waals surface area contributed by atoms with Gasteiger partial charge in [0.25, 0.3) is 0 Å². The van der Waals surface area contributed by atoms with Crippen molar-refractivity contribution in [3.8, 4) is 0 Å². The second kappa shape index (κ2) is 5.47. The number of pyridine rings is 1. The molecule has 2 unspecified atom stereocenters. The quantitative estimate of drug-likeness (QED) is 0.792. The van der Waals surface area contributed by atoms with E-state index in [0.29, 0.717) is 17.9 Å². The second-order valence-electron chi connectivity index (χ2n) is 6.85. The maximum atomic E-state index is 12.9. The highest BCUT2D eigenvalue weighted by molar-refractivity contribution is 6.00. The number of nitrogens with zero attached hydrogens (tertiary/aromatic N) is 2. The third-order valence-corrected chi connectivity index (χ3v) is 5.60. The number of carbonyl (C=O) groups is 1. The first-order valence-electron chi connectivity index (χ1n) is 8.33. The molecule has 2 fully saturated rings. The minimum Gasteiger partial charge on any atom is -0.300 e. The molecule has 4 rings (SSSR count). The maximum absolute atomic E-state index is 12.9. The van der Waals surface area contributed by atoms with Crippen LogP contribution >= 0.6 is 0 Å². The van der Waals surface area contributed by atoms with Crippen LogP contribution in [0, 0.1) is 5.92 Å². The Balaban J connectivity index is 1.60. The van der Waals surface area contributed by atoms with Gasteiger partial charge < -0.3 is 4.90 Å². The van der Waals surface area contributed by atoms with Crippen molar-refractivity contribution in [2.75, 3.05) is 7.05 Å². The van der Waals surface area contributed by atoms with Crippen LogP contribution in [0.1, 0.15) is 42.5 Å². The SMILES string of the molecule is CN1C2CCCC1CC(C(=O)c1ccc3ncccc3c1)C2. The molecule has 2 aliphatic heterocycles. The molecular weight excluding hydrogens is 272 g/mol. The first-order chi connectivity index (χ1) is 10.7. The van der Waals surface area contributed by atoms with E-state index in [1.165, 1.54) is 19.3 Å². The molecule has 0 spiro atoms. The number of rotatable bonds is 2. The summed E-state index contributed by atoms with van der Waals surface area (Å²) in [4.78, 5) is 19.8. The molecular formula is C19H22N2O. The van der Waals surface area contributed by atoms with Crippen LogP contribution in [-0.4, -0.2) is 34.8 Å². The highest BCUT2D eigenvalue weighted by Gasteiger charge is 2.38. The Labute approximate surface area is 131 Å². The summed E-state index contributed by atoms with van der Waals surface area (Å²) >= 11 is 0. The zero-order chi connectivity index (χ0) is 15.1. The Morgan fingerprint density at radius 1 is 1.18 bits per heavy atom. The molecule has 1 aromatic heterocycles. The van der Waals surface area contributed by atoms with Gasteiger partial charge in [-0.3, -0.25) is 9.78 Å². The fourth-order valence-corrected chi connectivity index (χ4v) is 4.29. The van der Waals surface area contributed by atoms with Crippen LogP contribution in [-0.2, 0) is 0 Å². The van der Waals surface area contributed by atoms with E-state index in [4.69, 9.17) is 0 Å². The van der Waals surface area contributed by atoms with Gasteiger partial charge in [0.15, 0.2) is 5.78 Å². The summed E-state index contributed by atoms with van der Waals surface area (Å²) in [6.45, 7) is 0. The Morgan fingerprint density at radius 3 is 2.73 bits per heavy atom. The van der Waals surface area contributed by atoms with Gasteiger partial charge in [-0.05, 0) is 57.0 Å². The number of aromatic nitrogens is 1. The molecule has 0 aliphatic carbocycles. The molecule has 2 aliphatic rings. The van der Waals surface area contributed by atoms with Gasteiger partial charge in [0.05, 0.1) is 5.52 Å². The van der Waals surface area contributed by atoms with Gasteiger partial charge in [0.1, 0.15) is 0 Å². The molecule has 3 heterocycles. The van der Waals surface area contributed by atoms with E-state index in [9.17, 15) is 4.79 Å². The Bertz CT molecular complexity index is 697. The number of hydrogen-bond donors (Lipinski definition) is 0. The fourth-order valence-electron chi connectivity index (χ4n) is 4.29. The normalized spacial score (nSPS) is 28.7. The molecule has 0 N–H and O–H groups in total. The number of Topliss-reactive ketones (excluding diaryl/α,β-unsaturated/α-hetero) is 1. The Kier molecular flexibility index (Phi) is 3.45. The smallest absolute Gasteiger partial charge is 0.166 e. The summed E-state index contributed by atoms with van der Waals surface area (Å²) in [6, 6.07) is 11.1. The van der Waals surface area contributed by atoms with Crippen molar-refractivity contribution in [3.05, 3.63) is 42.1 Å². The monoisotopic (exact) mass is 294 g/mol. The van der Waals surface area contributed by atoms with Crippen molar-refractivity contribution >= 4 is 16.7 Å². The van der Waals surface area contributed by atoms with Crippen LogP contribution in [0.3, 0.4) is 0 Å². The number of piperidine rings is 2. The lowest BCUT2D eigenvalue weighted by molar-refractivity contribution is 0.0338. The average molecular weight is 294 g/mol. The second-order valence-corrected chi connectivity index (χ2v) is 6.85. The van der Waals surface area contributed by atoms with Crippen LogP contribution in [0.5, 0.6) is 0 Å². The van der Waals surface area contributed by atoms with Gasteiger partial charge >= 0.3 is 0 Å². The predicted octanol–water partition coefficient (Wildman–Crippen LogP) is 3.68. The summed E-state index contributed by atoms with van der Waals surface area (Å²) in [5.41, 5.74) is 1.81. The van der Waals surface area contributed by atoms with Crippen LogP contribution in [0.4, 0.5) is 0 Å².